The van der Waals surface area contributed by atoms with Crippen LogP contribution in [0.4, 0.5) is 10.1 Å². The molecule has 0 amide bonds. The lowest BCUT2D eigenvalue weighted by molar-refractivity contribution is 0.565. The molecule has 34 heavy (non-hydrogen) atoms. The van der Waals surface area contributed by atoms with Gasteiger partial charge in [0.1, 0.15) is 5.82 Å². The van der Waals surface area contributed by atoms with Crippen LogP contribution in [0.2, 0.25) is 0 Å². The van der Waals surface area contributed by atoms with Crippen molar-refractivity contribution in [2.24, 2.45) is 0 Å². The summed E-state index contributed by atoms with van der Waals surface area (Å²) in [6.07, 6.45) is 2.76. The van der Waals surface area contributed by atoms with E-state index in [1.807, 2.05) is 18.2 Å². The van der Waals surface area contributed by atoms with Gasteiger partial charge in [-0.1, -0.05) is 31.2 Å². The third-order valence-corrected chi connectivity index (χ3v) is 6.92. The van der Waals surface area contributed by atoms with E-state index >= 15 is 0 Å². The van der Waals surface area contributed by atoms with E-state index in [2.05, 4.69) is 70.9 Å². The molecule has 2 atom stereocenters. The van der Waals surface area contributed by atoms with Crippen LogP contribution in [0.15, 0.2) is 79.0 Å². The minimum atomic E-state index is -0.269. The molecule has 1 aliphatic heterocycles. The number of hydrogen-bond donors (Lipinski definition) is 1. The van der Waals surface area contributed by atoms with Gasteiger partial charge >= 0.3 is 0 Å². The molecule has 1 fully saturated rings. The van der Waals surface area contributed by atoms with Crippen molar-refractivity contribution in [3.63, 3.8) is 0 Å². The van der Waals surface area contributed by atoms with Crippen LogP contribution in [-0.2, 0) is 6.42 Å². The zero-order valence-electron chi connectivity index (χ0n) is 19.5. The maximum absolute atomic E-state index is 13.7. The molecule has 2 aromatic heterocycles. The number of rotatable bonds is 5. The fourth-order valence-electron chi connectivity index (χ4n) is 5.04. The molecular formula is C28H27FN4S. The maximum atomic E-state index is 13.7. The molecule has 0 aliphatic carbocycles. The van der Waals surface area contributed by atoms with Gasteiger partial charge in [0.25, 0.3) is 0 Å². The summed E-state index contributed by atoms with van der Waals surface area (Å²) in [5, 5.41) is 4.09. The lowest BCUT2D eigenvalue weighted by Crippen LogP contribution is -2.29. The number of benzene rings is 2. The SMILES string of the molecule is CCc1ccccc1-n1c(C)cc(C2C(c3ccccn3)NC(=S)N2c2ccc(F)cc2)c1C. The van der Waals surface area contributed by atoms with Crippen LogP contribution in [-0.4, -0.2) is 14.7 Å². The van der Waals surface area contributed by atoms with E-state index in [-0.39, 0.29) is 17.9 Å². The smallest absolute Gasteiger partial charge is 0.174 e. The molecule has 1 N–H and O–H groups in total. The van der Waals surface area contributed by atoms with E-state index in [9.17, 15) is 4.39 Å². The van der Waals surface area contributed by atoms with Gasteiger partial charge in [-0.25, -0.2) is 4.39 Å². The molecule has 4 aromatic rings. The number of nitrogens with zero attached hydrogens (tertiary/aromatic N) is 3. The van der Waals surface area contributed by atoms with Crippen molar-refractivity contribution in [2.45, 2.75) is 39.3 Å². The molecule has 2 aromatic carbocycles. The van der Waals surface area contributed by atoms with E-state index in [1.54, 1.807) is 18.3 Å². The molecule has 4 nitrogen and oxygen atoms in total. The average molecular weight is 471 g/mol. The van der Waals surface area contributed by atoms with E-state index in [4.69, 9.17) is 12.2 Å². The molecule has 2 unspecified atom stereocenters. The van der Waals surface area contributed by atoms with Crippen LogP contribution < -0.4 is 10.2 Å². The standard InChI is InChI=1S/C28H27FN4S/c1-4-20-9-5-6-11-25(20)32-18(2)17-23(19(32)3)27-26(24-10-7-8-16-30-24)31-28(34)33(27)22-14-12-21(29)13-15-22/h5-17,26-27H,4H2,1-3H3,(H,31,34). The van der Waals surface area contributed by atoms with Gasteiger partial charge in [0.2, 0.25) is 0 Å². The second-order valence-corrected chi connectivity index (χ2v) is 9.00. The summed E-state index contributed by atoms with van der Waals surface area (Å²) in [4.78, 5) is 6.73. The first-order valence-corrected chi connectivity index (χ1v) is 11.9. The first-order chi connectivity index (χ1) is 16.5. The van der Waals surface area contributed by atoms with Crippen LogP contribution in [0.25, 0.3) is 5.69 Å². The Morgan fingerprint density at radius 2 is 1.74 bits per heavy atom. The van der Waals surface area contributed by atoms with Crippen molar-refractivity contribution in [1.29, 1.82) is 0 Å². The van der Waals surface area contributed by atoms with Crippen molar-refractivity contribution >= 4 is 23.0 Å². The van der Waals surface area contributed by atoms with Crippen LogP contribution in [0, 0.1) is 19.7 Å². The first-order valence-electron chi connectivity index (χ1n) is 11.5. The van der Waals surface area contributed by atoms with Gasteiger partial charge in [-0.15, -0.1) is 0 Å². The molecule has 1 aliphatic rings. The Hall–Kier alpha value is -3.51. The van der Waals surface area contributed by atoms with Gasteiger partial charge in [-0.3, -0.25) is 4.98 Å². The number of hydrogen-bond acceptors (Lipinski definition) is 2. The zero-order chi connectivity index (χ0) is 23.8. The summed E-state index contributed by atoms with van der Waals surface area (Å²) in [6.45, 7) is 6.48. The molecule has 0 spiro atoms. The first kappa shape index (κ1) is 22.3. The van der Waals surface area contributed by atoms with Gasteiger partial charge in [0.15, 0.2) is 5.11 Å². The number of aromatic nitrogens is 2. The number of pyridine rings is 1. The summed E-state index contributed by atoms with van der Waals surface area (Å²) in [5.41, 5.74) is 7.73. The Bertz CT molecular complexity index is 1330. The predicted octanol–water partition coefficient (Wildman–Crippen LogP) is 6.37. The Morgan fingerprint density at radius 3 is 2.44 bits per heavy atom. The fourth-order valence-corrected chi connectivity index (χ4v) is 5.38. The number of nitrogens with one attached hydrogen (secondary N) is 1. The Balaban J connectivity index is 1.69. The highest BCUT2D eigenvalue weighted by Crippen LogP contribution is 2.43. The van der Waals surface area contributed by atoms with E-state index in [0.29, 0.717) is 5.11 Å². The molecule has 0 saturated carbocycles. The van der Waals surface area contributed by atoms with E-state index in [0.717, 1.165) is 34.8 Å². The Kier molecular flexibility index (Phi) is 5.92. The highest BCUT2D eigenvalue weighted by Gasteiger charge is 2.42. The molecule has 0 bridgehead atoms. The number of anilines is 1. The zero-order valence-corrected chi connectivity index (χ0v) is 20.3. The largest absolute Gasteiger partial charge is 0.351 e. The van der Waals surface area contributed by atoms with Crippen molar-refractivity contribution < 1.29 is 4.39 Å². The highest BCUT2D eigenvalue weighted by molar-refractivity contribution is 7.80. The summed E-state index contributed by atoms with van der Waals surface area (Å²) in [7, 11) is 0. The minimum Gasteiger partial charge on any atom is -0.351 e. The lowest BCUT2D eigenvalue weighted by atomic mass is 9.96. The topological polar surface area (TPSA) is 33.1 Å². The van der Waals surface area contributed by atoms with Crippen molar-refractivity contribution in [1.82, 2.24) is 14.9 Å². The summed E-state index contributed by atoms with van der Waals surface area (Å²) >= 11 is 5.81. The molecule has 5 rings (SSSR count). The summed E-state index contributed by atoms with van der Waals surface area (Å²) in [6, 6.07) is 22.9. The number of aryl methyl sites for hydroxylation is 2. The second kappa shape index (κ2) is 9.03. The third-order valence-electron chi connectivity index (χ3n) is 6.61. The van der Waals surface area contributed by atoms with Gasteiger partial charge in [0, 0.05) is 29.0 Å². The number of para-hydroxylation sites is 1. The van der Waals surface area contributed by atoms with Gasteiger partial charge < -0.3 is 14.8 Å². The number of thiocarbonyl (C=S) groups is 1. The third kappa shape index (κ3) is 3.78. The van der Waals surface area contributed by atoms with Crippen LogP contribution >= 0.6 is 12.2 Å². The highest BCUT2D eigenvalue weighted by atomic mass is 32.1. The van der Waals surface area contributed by atoms with Crippen molar-refractivity contribution in [3.8, 4) is 5.69 Å². The van der Waals surface area contributed by atoms with Gasteiger partial charge in [-0.2, -0.15) is 0 Å². The normalized spacial score (nSPS) is 17.8. The van der Waals surface area contributed by atoms with Crippen LogP contribution in [0.1, 0.15) is 47.2 Å². The average Bonchev–Trinajstić information content (AvgIpc) is 3.35. The van der Waals surface area contributed by atoms with Crippen molar-refractivity contribution in [3.05, 3.63) is 113 Å². The quantitative estimate of drug-likeness (QED) is 0.344. The van der Waals surface area contributed by atoms with E-state index in [1.165, 1.54) is 23.4 Å². The molecule has 1 saturated heterocycles. The summed E-state index contributed by atoms with van der Waals surface area (Å²) in [5.74, 6) is -0.269. The minimum absolute atomic E-state index is 0.137. The Labute approximate surface area is 205 Å². The predicted molar refractivity (Wildman–Crippen MR) is 139 cm³/mol. The van der Waals surface area contributed by atoms with Crippen LogP contribution in [0.3, 0.4) is 0 Å². The second-order valence-electron chi connectivity index (χ2n) is 8.62. The molecule has 3 heterocycles. The molecule has 172 valence electrons. The molecule has 0 radical (unpaired) electrons. The Morgan fingerprint density at radius 1 is 1.00 bits per heavy atom. The number of halogens is 1. The van der Waals surface area contributed by atoms with Gasteiger partial charge in [0.05, 0.1) is 17.8 Å². The van der Waals surface area contributed by atoms with Crippen LogP contribution in [0.5, 0.6) is 0 Å². The fraction of sp³-hybridized carbons (Fsp3) is 0.214. The van der Waals surface area contributed by atoms with Crippen molar-refractivity contribution in [2.75, 3.05) is 4.90 Å². The molecular weight excluding hydrogens is 443 g/mol. The van der Waals surface area contributed by atoms with E-state index < -0.39 is 0 Å². The monoisotopic (exact) mass is 470 g/mol. The summed E-state index contributed by atoms with van der Waals surface area (Å²) < 4.78 is 16.1. The lowest BCUT2D eigenvalue weighted by Gasteiger charge is -2.28. The maximum Gasteiger partial charge on any atom is 0.174 e. The molecule has 6 heteroatoms. The van der Waals surface area contributed by atoms with Gasteiger partial charge in [-0.05, 0) is 92.1 Å².